The number of aliphatic hydroxyl groups excluding tert-OH is 1. The number of hydrogen-bond acceptors (Lipinski definition) is 5. The smallest absolute Gasteiger partial charge is 0.324 e. The average molecular weight is 389 g/mol. The molecule has 2 aromatic carbocycles. The fraction of sp³-hybridized carbons (Fsp3) is 0.350. The van der Waals surface area contributed by atoms with E-state index in [9.17, 15) is 18.3 Å². The minimum Gasteiger partial charge on any atom is -0.460 e. The maximum atomic E-state index is 13.0. The molecule has 0 amide bonds. The van der Waals surface area contributed by atoms with E-state index in [1.807, 2.05) is 44.2 Å². The molecule has 27 heavy (non-hydrogen) atoms. The normalized spacial score (nSPS) is 20.6. The molecule has 1 N–H and O–H groups in total. The Morgan fingerprint density at radius 2 is 1.85 bits per heavy atom. The second-order valence-corrected chi connectivity index (χ2v) is 8.71. The molecule has 1 heterocycles. The lowest BCUT2D eigenvalue weighted by Crippen LogP contribution is -2.41. The van der Waals surface area contributed by atoms with Gasteiger partial charge in [-0.2, -0.15) is 4.31 Å². The Morgan fingerprint density at radius 3 is 2.52 bits per heavy atom. The second-order valence-electron chi connectivity index (χ2n) is 6.82. The van der Waals surface area contributed by atoms with Crippen LogP contribution in [-0.2, 0) is 26.2 Å². The molecule has 1 fully saturated rings. The van der Waals surface area contributed by atoms with E-state index in [1.165, 1.54) is 6.07 Å². The fourth-order valence-electron chi connectivity index (χ4n) is 3.10. The van der Waals surface area contributed by atoms with E-state index >= 15 is 0 Å². The van der Waals surface area contributed by atoms with Crippen LogP contribution in [0.2, 0.25) is 0 Å². The number of aliphatic hydroxyl groups is 1. The third kappa shape index (κ3) is 4.21. The Balaban J connectivity index is 1.80. The minimum absolute atomic E-state index is 0.0255. The molecule has 1 saturated heterocycles. The SMILES string of the molecule is Cc1ccc(S(=O)(=O)N2C[C@H](O)C[C@H]2C(=O)OCc2ccccc2)cc1C. The number of β-amino-alcohol motifs (C(OH)–C–C–N with tert-alkyl or cyclic N) is 1. The summed E-state index contributed by atoms with van der Waals surface area (Å²) in [6, 6.07) is 13.0. The Bertz CT molecular complexity index is 927. The lowest BCUT2D eigenvalue weighted by molar-refractivity contribution is -0.148. The molecule has 3 rings (SSSR count). The molecule has 1 aliphatic rings. The van der Waals surface area contributed by atoms with Crippen LogP contribution >= 0.6 is 0 Å². The van der Waals surface area contributed by atoms with Crippen LogP contribution in [0, 0.1) is 13.8 Å². The van der Waals surface area contributed by atoms with Crippen LogP contribution in [0.25, 0.3) is 0 Å². The standard InChI is InChI=1S/C20H23NO5S/c1-14-8-9-18(10-15(14)2)27(24,25)21-12-17(22)11-19(21)20(23)26-13-16-6-4-3-5-7-16/h3-10,17,19,22H,11-13H2,1-2H3/t17-,19+/m1/s1. The molecule has 7 heteroatoms. The zero-order valence-electron chi connectivity index (χ0n) is 15.3. The molecule has 0 spiro atoms. The molecular formula is C20H23NO5S. The molecule has 2 atom stereocenters. The third-order valence-electron chi connectivity index (χ3n) is 4.81. The summed E-state index contributed by atoms with van der Waals surface area (Å²) in [6.45, 7) is 3.66. The van der Waals surface area contributed by atoms with Crippen molar-refractivity contribution >= 4 is 16.0 Å². The molecule has 0 unspecified atom stereocenters. The number of carbonyl (C=O) groups excluding carboxylic acids is 1. The molecule has 144 valence electrons. The maximum Gasteiger partial charge on any atom is 0.324 e. The number of ether oxygens (including phenoxy) is 1. The van der Waals surface area contributed by atoms with E-state index in [4.69, 9.17) is 4.74 Å². The molecule has 0 aromatic heterocycles. The minimum atomic E-state index is -3.92. The van der Waals surface area contributed by atoms with E-state index in [-0.39, 0.29) is 24.5 Å². The maximum absolute atomic E-state index is 13.0. The number of esters is 1. The highest BCUT2D eigenvalue weighted by molar-refractivity contribution is 7.89. The van der Waals surface area contributed by atoms with Crippen LogP contribution in [-0.4, -0.2) is 42.5 Å². The lowest BCUT2D eigenvalue weighted by atomic mass is 10.1. The summed E-state index contributed by atoms with van der Waals surface area (Å²) < 4.78 is 32.4. The summed E-state index contributed by atoms with van der Waals surface area (Å²) in [4.78, 5) is 12.6. The first-order valence-electron chi connectivity index (χ1n) is 8.77. The van der Waals surface area contributed by atoms with E-state index in [0.717, 1.165) is 21.0 Å². The monoisotopic (exact) mass is 389 g/mol. The predicted molar refractivity (Wildman–Crippen MR) is 100 cm³/mol. The Hall–Kier alpha value is -2.22. The molecule has 0 bridgehead atoms. The lowest BCUT2D eigenvalue weighted by Gasteiger charge is -2.23. The van der Waals surface area contributed by atoms with Crippen LogP contribution in [0.4, 0.5) is 0 Å². The number of rotatable bonds is 5. The van der Waals surface area contributed by atoms with Crippen molar-refractivity contribution in [1.29, 1.82) is 0 Å². The van der Waals surface area contributed by atoms with Crippen LogP contribution in [0.3, 0.4) is 0 Å². The van der Waals surface area contributed by atoms with Gasteiger partial charge in [-0.05, 0) is 42.7 Å². The number of benzene rings is 2. The highest BCUT2D eigenvalue weighted by Gasteiger charge is 2.44. The van der Waals surface area contributed by atoms with Gasteiger partial charge in [0.2, 0.25) is 10.0 Å². The first-order chi connectivity index (χ1) is 12.8. The van der Waals surface area contributed by atoms with E-state index in [1.54, 1.807) is 12.1 Å². The molecule has 6 nitrogen and oxygen atoms in total. The summed E-state index contributed by atoms with van der Waals surface area (Å²) in [7, 11) is -3.92. The van der Waals surface area contributed by atoms with Crippen molar-refractivity contribution in [1.82, 2.24) is 4.31 Å². The van der Waals surface area contributed by atoms with Gasteiger partial charge in [0.1, 0.15) is 12.6 Å². The summed E-state index contributed by atoms with van der Waals surface area (Å²) in [5.41, 5.74) is 2.64. The third-order valence-corrected chi connectivity index (χ3v) is 6.69. The zero-order valence-corrected chi connectivity index (χ0v) is 16.1. The summed E-state index contributed by atoms with van der Waals surface area (Å²) in [5, 5.41) is 10.00. The van der Waals surface area contributed by atoms with Gasteiger partial charge in [0.25, 0.3) is 0 Å². The quantitative estimate of drug-likeness (QED) is 0.793. The van der Waals surface area contributed by atoms with E-state index in [0.29, 0.717) is 0 Å². The Labute approximate surface area is 159 Å². The highest BCUT2D eigenvalue weighted by atomic mass is 32.2. The van der Waals surface area contributed by atoms with Crippen LogP contribution in [0.5, 0.6) is 0 Å². The Morgan fingerprint density at radius 1 is 1.15 bits per heavy atom. The molecular weight excluding hydrogens is 366 g/mol. The van der Waals surface area contributed by atoms with Crippen molar-refractivity contribution in [2.45, 2.75) is 43.9 Å². The van der Waals surface area contributed by atoms with Gasteiger partial charge in [-0.15, -0.1) is 0 Å². The molecule has 2 aromatic rings. The number of nitrogens with zero attached hydrogens (tertiary/aromatic N) is 1. The topological polar surface area (TPSA) is 83.9 Å². The van der Waals surface area contributed by atoms with Crippen molar-refractivity contribution in [2.24, 2.45) is 0 Å². The van der Waals surface area contributed by atoms with Crippen molar-refractivity contribution < 1.29 is 23.1 Å². The van der Waals surface area contributed by atoms with Crippen molar-refractivity contribution in [3.05, 3.63) is 65.2 Å². The average Bonchev–Trinajstić information content (AvgIpc) is 3.05. The van der Waals surface area contributed by atoms with Gasteiger partial charge in [-0.25, -0.2) is 8.42 Å². The number of carbonyl (C=O) groups is 1. The van der Waals surface area contributed by atoms with Gasteiger partial charge in [-0.1, -0.05) is 36.4 Å². The number of sulfonamides is 1. The molecule has 0 radical (unpaired) electrons. The zero-order chi connectivity index (χ0) is 19.6. The Kier molecular flexibility index (Phi) is 5.64. The van der Waals surface area contributed by atoms with Gasteiger partial charge < -0.3 is 9.84 Å². The van der Waals surface area contributed by atoms with Crippen molar-refractivity contribution in [2.75, 3.05) is 6.54 Å². The van der Waals surface area contributed by atoms with E-state index < -0.39 is 28.1 Å². The van der Waals surface area contributed by atoms with Gasteiger partial charge in [0.15, 0.2) is 0 Å². The van der Waals surface area contributed by atoms with E-state index in [2.05, 4.69) is 0 Å². The van der Waals surface area contributed by atoms with Crippen LogP contribution < -0.4 is 0 Å². The fourth-order valence-corrected chi connectivity index (χ4v) is 4.81. The first kappa shape index (κ1) is 19.5. The predicted octanol–water partition coefficient (Wildman–Crippen LogP) is 2.17. The molecule has 1 aliphatic heterocycles. The molecule has 0 saturated carbocycles. The first-order valence-corrected chi connectivity index (χ1v) is 10.2. The van der Waals surface area contributed by atoms with Gasteiger partial charge in [0.05, 0.1) is 11.0 Å². The number of aryl methyl sites for hydroxylation is 2. The van der Waals surface area contributed by atoms with Gasteiger partial charge in [-0.3, -0.25) is 4.79 Å². The second kappa shape index (κ2) is 7.80. The largest absolute Gasteiger partial charge is 0.460 e. The highest BCUT2D eigenvalue weighted by Crippen LogP contribution is 2.28. The van der Waals surface area contributed by atoms with Gasteiger partial charge in [0, 0.05) is 13.0 Å². The van der Waals surface area contributed by atoms with Crippen molar-refractivity contribution in [3.8, 4) is 0 Å². The van der Waals surface area contributed by atoms with Crippen LogP contribution in [0.15, 0.2) is 53.4 Å². The molecule has 0 aliphatic carbocycles. The summed E-state index contributed by atoms with van der Waals surface area (Å²) in [5.74, 6) is -0.650. The van der Waals surface area contributed by atoms with Gasteiger partial charge >= 0.3 is 5.97 Å². The number of hydrogen-bond donors (Lipinski definition) is 1. The van der Waals surface area contributed by atoms with Crippen LogP contribution in [0.1, 0.15) is 23.1 Å². The summed E-state index contributed by atoms with van der Waals surface area (Å²) >= 11 is 0. The summed E-state index contributed by atoms with van der Waals surface area (Å²) in [6.07, 6.45) is -0.877. The van der Waals surface area contributed by atoms with Crippen molar-refractivity contribution in [3.63, 3.8) is 0 Å².